The summed E-state index contributed by atoms with van der Waals surface area (Å²) in [6.07, 6.45) is 87.2. The molecule has 32 aliphatic rings. The monoisotopic (exact) mass is 1470 g/mol. The van der Waals surface area contributed by atoms with Crippen molar-refractivity contribution < 1.29 is 0 Å². The Labute approximate surface area is 665 Å². The minimum absolute atomic E-state index is 0.689. The zero-order valence-electron chi connectivity index (χ0n) is 74.4. The summed E-state index contributed by atoms with van der Waals surface area (Å²) in [4.78, 5) is 0. The van der Waals surface area contributed by atoms with Gasteiger partial charge in [-0.25, -0.2) is 0 Å². The van der Waals surface area contributed by atoms with Crippen molar-refractivity contribution >= 4 is 0 Å². The van der Waals surface area contributed by atoms with E-state index in [0.717, 1.165) is 155 Å². The highest BCUT2D eigenvalue weighted by molar-refractivity contribution is 5.16. The van der Waals surface area contributed by atoms with Crippen LogP contribution in [0.15, 0.2) is 0 Å². The van der Waals surface area contributed by atoms with Gasteiger partial charge in [0.05, 0.1) is 0 Å². The second-order valence-corrected chi connectivity index (χ2v) is 53.1. The molecule has 0 amide bonds. The van der Waals surface area contributed by atoms with Crippen molar-refractivity contribution in [3.63, 3.8) is 0 Å². The van der Waals surface area contributed by atoms with Crippen molar-refractivity contribution in [3.05, 3.63) is 0 Å². The summed E-state index contributed by atoms with van der Waals surface area (Å²) in [5.41, 5.74) is 9.89. The van der Waals surface area contributed by atoms with Crippen molar-refractivity contribution in [2.24, 2.45) is 207 Å². The topological polar surface area (TPSA) is 0 Å². The fourth-order valence-electron chi connectivity index (χ4n) is 44.6. The predicted molar refractivity (Wildman–Crippen MR) is 456 cm³/mol. The van der Waals surface area contributed by atoms with Gasteiger partial charge in [0, 0.05) is 0 Å². The molecule has 0 heteroatoms. The van der Waals surface area contributed by atoms with Crippen molar-refractivity contribution in [2.45, 2.75) is 463 Å². The summed E-state index contributed by atoms with van der Waals surface area (Å²) >= 11 is 0. The summed E-state index contributed by atoms with van der Waals surface area (Å²) in [7, 11) is 0. The lowest BCUT2D eigenvalue weighted by molar-refractivity contribution is -0.184. The van der Waals surface area contributed by atoms with Gasteiger partial charge >= 0.3 is 0 Å². The third-order valence-corrected chi connectivity index (χ3v) is 43.4. The third-order valence-electron chi connectivity index (χ3n) is 43.4. The molecule has 0 aromatic carbocycles. The smallest absolute Gasteiger partial charge is 0.0285 e. The number of fused-ring (bicyclic) bond motifs is 9. The van der Waals surface area contributed by atoms with E-state index in [1.54, 1.807) is 250 Å². The maximum atomic E-state index is 2.57. The Balaban J connectivity index is 0.0000000865. The Bertz CT molecular complexity index is 2860. The highest BCUT2D eigenvalue weighted by Crippen LogP contribution is 2.77. The van der Waals surface area contributed by atoms with Crippen LogP contribution in [0.5, 0.6) is 0 Å². The van der Waals surface area contributed by atoms with Crippen LogP contribution in [-0.4, -0.2) is 0 Å². The van der Waals surface area contributed by atoms with Gasteiger partial charge in [0.25, 0.3) is 0 Å². The molecular weight excluding hydrogens is 1290 g/mol. The van der Waals surface area contributed by atoms with Crippen LogP contribution in [0.25, 0.3) is 0 Å². The summed E-state index contributed by atoms with van der Waals surface area (Å²) in [5, 5.41) is 0. The van der Waals surface area contributed by atoms with Crippen LogP contribution in [0.2, 0.25) is 0 Å². The van der Waals surface area contributed by atoms with Crippen molar-refractivity contribution in [1.82, 2.24) is 0 Å². The van der Waals surface area contributed by atoms with Gasteiger partial charge in [-0.05, 0) is 508 Å². The number of hydrogen-bond donors (Lipinski definition) is 0. The first-order valence-corrected chi connectivity index (χ1v) is 50.9. The molecule has 0 saturated heterocycles. The molecule has 11 unspecified atom stereocenters. The molecule has 32 fully saturated rings. The Morgan fingerprint density at radius 3 is 0.944 bits per heavy atom. The van der Waals surface area contributed by atoms with Crippen molar-refractivity contribution in [2.75, 3.05) is 0 Å². The Morgan fingerprint density at radius 2 is 0.551 bits per heavy atom. The molecule has 0 heterocycles. The quantitative estimate of drug-likeness (QED) is 0.191. The fourth-order valence-corrected chi connectivity index (χ4v) is 44.6. The standard InChI is InChI=1S/C15H26.C14H22.2C14H24.2C13H22.2C12H20/c1-5-15-9-12(2)6-13(3,10-15)8-14(4,7-12)11-15;1-2-8-5-11-7-12(8)14-10-4-3-9(6-10)13(11)14;1-4-14-7-11-5-12(2,9-14)8-13(3,6-11)10-14;1-3-13-6-11-5-12(7-13)9-14(4-2,8-11)10-13;1-3-13-7-10-4-11(8-13)6-12(2,5-10)9-13;1-2-3-13-7-10-4-11(8-13)6-12(5-10)9-13;1-2-12-6-9-3-10(7-12)5-11(4-9)8-12;1-2-12-10-4-8-3-9(6-10)7-11(12)5-8/h5-11H2,1-4H3;8-14H,2-7H2,1H3;11H,4-10H2,1-3H3;11-12H,3-10H2,1-2H3;10-11H,3-9H2,1-2H3;10-12H,2-9H2,1H3;9-11H,2-8H2,1H3;8-12H,2-7H2,1H3. The molecule has 32 rings (SSSR count). The third kappa shape index (κ3) is 14.8. The van der Waals surface area contributed by atoms with Crippen molar-refractivity contribution in [3.8, 4) is 0 Å². The molecule has 0 aliphatic heterocycles. The SMILES string of the molecule is CCC12CC3(C)CC(C)(CC(C)(C3)C1)C2.CCC12CC3CC(C)(CC(C)(C3)C1)C2.CCC12CC3CC(C1)CC(CC)(C3)C2.CCC12CC3CC(CC(C)(C3)C1)C2.CCC12CC3CC(CC(C3)C1)C2.CCC1C2CC3CC(C2)CC1C3.CCC1CC2CC1C1C3CCC(C3)C21.CCCC12CC3CC(CC(C3)C1)C2. The van der Waals surface area contributed by atoms with Gasteiger partial charge in [-0.15, -0.1) is 0 Å². The Morgan fingerprint density at radius 1 is 0.215 bits per heavy atom. The first kappa shape index (κ1) is 78.2. The van der Waals surface area contributed by atoms with Crippen LogP contribution in [0, 0.1) is 207 Å². The molecular formula is C107H180. The van der Waals surface area contributed by atoms with Crippen LogP contribution >= 0.6 is 0 Å². The van der Waals surface area contributed by atoms with E-state index in [1.165, 1.54) is 145 Å². The molecule has 107 heavy (non-hydrogen) atoms. The van der Waals surface area contributed by atoms with E-state index in [2.05, 4.69) is 104 Å². The van der Waals surface area contributed by atoms with E-state index in [-0.39, 0.29) is 0 Å². The van der Waals surface area contributed by atoms with Gasteiger partial charge in [-0.2, -0.15) is 0 Å². The normalized spacial score (nSPS) is 58.4. The van der Waals surface area contributed by atoms with Crippen LogP contribution in [0.1, 0.15) is 463 Å². The molecule has 32 aliphatic carbocycles. The maximum Gasteiger partial charge on any atom is -0.0285 e. The lowest BCUT2D eigenvalue weighted by Crippen LogP contribution is -2.58. The molecule has 0 N–H and O–H groups in total. The average Bonchev–Trinajstić information content (AvgIpc) is 1.45. The summed E-state index contributed by atoms with van der Waals surface area (Å²) in [6.45, 7) is 37.2. The molecule has 0 nitrogen and oxygen atoms in total. The van der Waals surface area contributed by atoms with E-state index >= 15 is 0 Å². The van der Waals surface area contributed by atoms with Crippen LogP contribution in [0.4, 0.5) is 0 Å². The molecule has 0 aromatic heterocycles. The van der Waals surface area contributed by atoms with E-state index in [0.29, 0.717) is 16.2 Å². The second-order valence-electron chi connectivity index (χ2n) is 53.1. The molecule has 0 radical (unpaired) electrons. The molecule has 32 saturated carbocycles. The van der Waals surface area contributed by atoms with Crippen LogP contribution in [0.3, 0.4) is 0 Å². The van der Waals surface area contributed by atoms with Gasteiger partial charge in [-0.1, -0.05) is 162 Å². The molecule has 0 aromatic rings. The Hall–Kier alpha value is 0. The fraction of sp³-hybridized carbons (Fsp3) is 1.00. The molecule has 608 valence electrons. The van der Waals surface area contributed by atoms with E-state index < -0.39 is 0 Å². The largest absolute Gasteiger partial charge is 0.0654 e. The highest BCUT2D eigenvalue weighted by Gasteiger charge is 2.66. The predicted octanol–water partition coefficient (Wildman–Crippen LogP) is 32.4. The second kappa shape index (κ2) is 28.4. The van der Waals surface area contributed by atoms with Gasteiger partial charge < -0.3 is 0 Å². The van der Waals surface area contributed by atoms with Crippen molar-refractivity contribution in [1.29, 1.82) is 0 Å². The minimum Gasteiger partial charge on any atom is -0.0654 e. The Kier molecular flexibility index (Phi) is 20.7. The maximum absolute atomic E-state index is 2.57. The lowest BCUT2D eigenvalue weighted by Gasteiger charge is -2.69. The van der Waals surface area contributed by atoms with Gasteiger partial charge in [-0.3, -0.25) is 0 Å². The number of hydrogen-bond acceptors (Lipinski definition) is 0. The first-order chi connectivity index (χ1) is 50.9. The zero-order chi connectivity index (χ0) is 74.4. The first-order valence-electron chi connectivity index (χ1n) is 50.9. The summed E-state index contributed by atoms with van der Waals surface area (Å²) in [6, 6.07) is 0. The van der Waals surface area contributed by atoms with E-state index in [1.807, 2.05) is 0 Å². The highest BCUT2D eigenvalue weighted by atomic mass is 14.7. The van der Waals surface area contributed by atoms with Gasteiger partial charge in [0.15, 0.2) is 0 Å². The molecule has 11 atom stereocenters. The number of rotatable bonds is 10. The summed E-state index contributed by atoms with van der Waals surface area (Å²) < 4.78 is 0. The average molecular weight is 1470 g/mol. The zero-order valence-corrected chi connectivity index (χ0v) is 74.4. The molecule has 0 spiro atoms. The van der Waals surface area contributed by atoms with E-state index in [4.69, 9.17) is 0 Å². The van der Waals surface area contributed by atoms with Gasteiger partial charge in [0.1, 0.15) is 0 Å². The van der Waals surface area contributed by atoms with Crippen LogP contribution < -0.4 is 0 Å². The summed E-state index contributed by atoms with van der Waals surface area (Å²) in [5.74, 6) is 26.6. The van der Waals surface area contributed by atoms with Crippen LogP contribution in [-0.2, 0) is 0 Å². The van der Waals surface area contributed by atoms with E-state index in [9.17, 15) is 0 Å². The van der Waals surface area contributed by atoms with Gasteiger partial charge in [0.2, 0.25) is 0 Å². The lowest BCUT2D eigenvalue weighted by atomic mass is 9.36. The minimum atomic E-state index is 0.689. The molecule has 32 bridgehead atoms.